The van der Waals surface area contributed by atoms with Crippen molar-refractivity contribution in [3.8, 4) is 22.4 Å². The molecule has 53 heavy (non-hydrogen) atoms. The third kappa shape index (κ3) is 10.7. The Morgan fingerprint density at radius 2 is 1.53 bits per heavy atom. The van der Waals surface area contributed by atoms with Gasteiger partial charge in [0.25, 0.3) is 0 Å². The Morgan fingerprint density at radius 3 is 2.13 bits per heavy atom. The van der Waals surface area contributed by atoms with Gasteiger partial charge >= 0.3 is 6.18 Å². The molecule has 0 bridgehead atoms. The maximum atomic E-state index is 13.6. The molecule has 5 nitrogen and oxygen atoms in total. The molecule has 2 aromatic heterocycles. The zero-order chi connectivity index (χ0) is 40.2. The van der Waals surface area contributed by atoms with Crippen molar-refractivity contribution in [2.45, 2.75) is 106 Å². The van der Waals surface area contributed by atoms with E-state index in [-0.39, 0.29) is 60.0 Å². The van der Waals surface area contributed by atoms with Crippen LogP contribution in [0.5, 0.6) is 0 Å². The monoisotopic (exact) mass is 908 g/mol. The number of pyridine rings is 1. The number of halogens is 3. The van der Waals surface area contributed by atoms with Crippen LogP contribution in [0.25, 0.3) is 44.3 Å². The van der Waals surface area contributed by atoms with Gasteiger partial charge < -0.3 is 9.52 Å². The van der Waals surface area contributed by atoms with E-state index in [9.17, 15) is 23.1 Å². The topological polar surface area (TPSA) is 76.2 Å². The quantitative estimate of drug-likeness (QED) is 0.0812. The summed E-state index contributed by atoms with van der Waals surface area (Å²) in [6, 6.07) is 22.6. The molecule has 0 amide bonds. The van der Waals surface area contributed by atoms with Crippen LogP contribution in [0.15, 0.2) is 83.1 Å². The van der Waals surface area contributed by atoms with E-state index in [0.717, 1.165) is 72.7 Å². The smallest absolute Gasteiger partial charge is 0.394 e. The van der Waals surface area contributed by atoms with Crippen LogP contribution in [0.1, 0.15) is 102 Å². The number of hydrogen-bond donors (Lipinski definition) is 1. The summed E-state index contributed by atoms with van der Waals surface area (Å²) in [6.07, 6.45) is -1.05. The Bertz CT molecular complexity index is 2110. The van der Waals surface area contributed by atoms with E-state index in [2.05, 4.69) is 48.9 Å². The van der Waals surface area contributed by atoms with Crippen molar-refractivity contribution in [3.63, 3.8) is 0 Å². The van der Waals surface area contributed by atoms with Crippen molar-refractivity contribution in [3.05, 3.63) is 96.2 Å². The summed E-state index contributed by atoms with van der Waals surface area (Å²) >= 11 is 0. The second-order valence-corrected chi connectivity index (χ2v) is 14.8. The zero-order valence-electron chi connectivity index (χ0n) is 34.0. The number of aliphatic hydroxyl groups is 1. The molecule has 9 heteroatoms. The van der Waals surface area contributed by atoms with Gasteiger partial charge in [0.05, 0.1) is 11.2 Å². The van der Waals surface area contributed by atoms with Gasteiger partial charge in [-0.05, 0) is 60.4 Å². The first kappa shape index (κ1) is 40.4. The molecule has 0 aliphatic rings. The third-order valence-electron chi connectivity index (χ3n) is 9.55. The molecule has 1 radical (unpaired) electrons. The van der Waals surface area contributed by atoms with Gasteiger partial charge in [-0.2, -0.15) is 13.2 Å². The number of nitrogens with zero attached hydrogens (tertiary/aromatic N) is 2. The fourth-order valence-electron chi connectivity index (χ4n) is 6.02. The second-order valence-electron chi connectivity index (χ2n) is 14.8. The summed E-state index contributed by atoms with van der Waals surface area (Å²) in [4.78, 5) is 20.4. The van der Waals surface area contributed by atoms with Gasteiger partial charge in [0.1, 0.15) is 5.52 Å². The van der Waals surface area contributed by atoms with E-state index in [4.69, 9.17) is 7.16 Å². The molecule has 0 saturated carbocycles. The zero-order valence-corrected chi connectivity index (χ0v) is 34.4. The minimum atomic E-state index is -4.79. The van der Waals surface area contributed by atoms with Crippen LogP contribution in [0.4, 0.5) is 13.2 Å². The van der Waals surface area contributed by atoms with Gasteiger partial charge in [0.2, 0.25) is 0 Å². The van der Waals surface area contributed by atoms with Crippen LogP contribution in [-0.2, 0) is 36.7 Å². The first-order valence-corrected chi connectivity index (χ1v) is 18.0. The van der Waals surface area contributed by atoms with Crippen molar-refractivity contribution < 1.29 is 50.3 Å². The van der Waals surface area contributed by atoms with Crippen LogP contribution in [0.3, 0.4) is 0 Å². The van der Waals surface area contributed by atoms with Crippen LogP contribution < -0.4 is 0 Å². The van der Waals surface area contributed by atoms with Gasteiger partial charge in [-0.1, -0.05) is 104 Å². The Morgan fingerprint density at radius 1 is 0.906 bits per heavy atom. The van der Waals surface area contributed by atoms with E-state index in [1.807, 2.05) is 58.0 Å². The predicted molar refractivity (Wildman–Crippen MR) is 205 cm³/mol. The number of alkyl halides is 3. The number of aliphatic hydroxyl groups excluding tert-OH is 1. The Hall–Kier alpha value is -3.81. The van der Waals surface area contributed by atoms with E-state index in [1.54, 1.807) is 24.4 Å². The summed E-state index contributed by atoms with van der Waals surface area (Å²) in [7, 11) is 0. The third-order valence-corrected chi connectivity index (χ3v) is 9.55. The van der Waals surface area contributed by atoms with Crippen molar-refractivity contribution in [1.29, 1.82) is 0 Å². The van der Waals surface area contributed by atoms with Crippen molar-refractivity contribution in [2.24, 2.45) is 17.3 Å². The van der Waals surface area contributed by atoms with Crippen LogP contribution in [0, 0.1) is 23.3 Å². The fraction of sp³-hybridized carbons (Fsp3) is 0.432. The molecule has 5 rings (SSSR count). The molecule has 1 N–H and O–H groups in total. The van der Waals surface area contributed by atoms with Gasteiger partial charge in [0.15, 0.2) is 17.3 Å². The number of ketones is 1. The Kier molecular flexibility index (Phi) is 13.7. The van der Waals surface area contributed by atoms with Crippen LogP contribution in [0.2, 0.25) is 0 Å². The molecule has 0 aliphatic carbocycles. The molecular weight excluding hydrogens is 854 g/mol. The molecule has 0 atom stereocenters. The van der Waals surface area contributed by atoms with E-state index < -0.39 is 23.9 Å². The first-order chi connectivity index (χ1) is 25.2. The molecule has 0 fully saturated rings. The largest absolute Gasteiger partial charge is 0.512 e. The average Bonchev–Trinajstić information content (AvgIpc) is 3.56. The number of aromatic nitrogens is 2. The summed E-state index contributed by atoms with van der Waals surface area (Å²) in [5.41, 5.74) is 2.01. The summed E-state index contributed by atoms with van der Waals surface area (Å²) < 4.78 is 62.8. The summed E-state index contributed by atoms with van der Waals surface area (Å²) in [6.45, 7) is 16.2. The molecule has 0 aliphatic heterocycles. The second kappa shape index (κ2) is 18.0. The van der Waals surface area contributed by atoms with E-state index >= 15 is 0 Å². The van der Waals surface area contributed by atoms with E-state index in [1.165, 1.54) is 11.6 Å². The number of hydrogen-bond acceptors (Lipinski definition) is 5. The number of fused-ring (bicyclic) bond motifs is 2. The fourth-order valence-corrected chi connectivity index (χ4v) is 6.02. The molecule has 2 heterocycles. The molecule has 3 aromatic carbocycles. The van der Waals surface area contributed by atoms with Gasteiger partial charge in [-0.3, -0.25) is 9.78 Å². The molecular formula is C44H52F3IrN2O3-. The van der Waals surface area contributed by atoms with Gasteiger partial charge in [-0.15, -0.1) is 29.1 Å². The molecule has 0 spiro atoms. The van der Waals surface area contributed by atoms with Crippen LogP contribution in [-0.4, -0.2) is 27.0 Å². The number of benzene rings is 3. The Balaban J connectivity index is 0.000000433. The number of oxazole rings is 1. The van der Waals surface area contributed by atoms with Gasteiger partial charge in [0, 0.05) is 59.0 Å². The molecule has 5 aromatic rings. The maximum Gasteiger partial charge on any atom is 0.394 e. The van der Waals surface area contributed by atoms with Crippen molar-refractivity contribution >= 4 is 27.7 Å². The standard InChI is InChI=1S/C31H28F3N2O.C13H24O2.Ir/c1-29(2,3)24-15-22(14-21-8-6-7-9-23(21)24)26-16-20(12-13-35-26)19-10-11-25-27(17-19)37-28(36-25)18-30(4,5)31(32,33)34;1-5-10(6-2)12(14)9-13(15)11(7-3)8-4;/h6-13,15-17H,18H2,1-5H3;9-11,14H,5-8H2,1-4H3;/q-1;;/b;12-9-;/i18D2;;. The summed E-state index contributed by atoms with van der Waals surface area (Å²) in [5, 5.41) is 11.9. The van der Waals surface area contributed by atoms with Crippen molar-refractivity contribution in [2.75, 3.05) is 0 Å². The molecule has 0 saturated heterocycles. The molecule has 287 valence electrons. The van der Waals surface area contributed by atoms with Crippen molar-refractivity contribution in [1.82, 2.24) is 9.97 Å². The molecule has 0 unspecified atom stereocenters. The number of carbonyl (C=O) groups is 1. The SMILES string of the molecule is CCC(CC)C(=O)/C=C(\O)C(CC)CC.[2H]C([2H])(c1nc2ccc(-c3ccnc(-c4[c-]c5ccccc5c(C(C)(C)C)c4)c3)cc2o1)C(C)(C)C(F)(F)F.[Ir]. The minimum Gasteiger partial charge on any atom is -0.512 e. The minimum absolute atomic E-state index is 0. The normalized spacial score (nSPS) is 13.4. The summed E-state index contributed by atoms with van der Waals surface area (Å²) in [5.74, 6) is -0.0565. The first-order valence-electron chi connectivity index (χ1n) is 19.0. The number of rotatable bonds is 11. The predicted octanol–water partition coefficient (Wildman–Crippen LogP) is 12.8. The van der Waals surface area contributed by atoms with Crippen LogP contribution >= 0.6 is 0 Å². The maximum absolute atomic E-state index is 13.6. The number of allylic oxidation sites excluding steroid dienone is 2. The Labute approximate surface area is 328 Å². The number of carbonyl (C=O) groups excluding carboxylic acids is 1. The van der Waals surface area contributed by atoms with Gasteiger partial charge in [-0.25, -0.2) is 4.98 Å². The average molecular weight is 908 g/mol. The van der Waals surface area contributed by atoms with E-state index in [0.29, 0.717) is 0 Å².